The predicted molar refractivity (Wildman–Crippen MR) is 210 cm³/mol. The van der Waals surface area contributed by atoms with Crippen LogP contribution in [-0.4, -0.2) is 164 Å². The molecule has 2 N–H and O–H groups in total. The van der Waals surface area contributed by atoms with Crippen molar-refractivity contribution in [1.82, 2.24) is 4.90 Å². The van der Waals surface area contributed by atoms with E-state index in [1.165, 1.54) is 27.9 Å². The Kier molecular flexibility index (Phi) is 18.0. The summed E-state index contributed by atoms with van der Waals surface area (Å²) in [5.74, 6) is -3.54. The first-order valence-corrected chi connectivity index (χ1v) is 20.9. The third-order valence-electron chi connectivity index (χ3n) is 11.6. The van der Waals surface area contributed by atoms with Crippen molar-refractivity contribution in [3.63, 3.8) is 0 Å². The predicted octanol–water partition coefficient (Wildman–Crippen LogP) is 2.16. The van der Waals surface area contributed by atoms with Gasteiger partial charge in [-0.3, -0.25) is 19.2 Å². The molecule has 0 aromatic heterocycles. The van der Waals surface area contributed by atoms with Crippen molar-refractivity contribution in [1.29, 1.82) is 0 Å². The Labute approximate surface area is 352 Å². The Morgan fingerprint density at radius 1 is 0.933 bits per heavy atom. The molecule has 4 rings (SSSR count). The molecule has 0 aliphatic carbocycles. The molecule has 0 radical (unpaired) electrons. The molecule has 0 aromatic rings. The van der Waals surface area contributed by atoms with Crippen LogP contribution in [-0.2, 0) is 71.3 Å². The zero-order valence-corrected chi connectivity index (χ0v) is 36.8. The van der Waals surface area contributed by atoms with Gasteiger partial charge in [-0.25, -0.2) is 0 Å². The van der Waals surface area contributed by atoms with Crippen molar-refractivity contribution in [2.24, 2.45) is 11.8 Å². The molecular weight excluding hydrogens is 790 g/mol. The van der Waals surface area contributed by atoms with Crippen molar-refractivity contribution in [3.8, 4) is 0 Å². The highest BCUT2D eigenvalue weighted by Gasteiger charge is 2.53. The lowest BCUT2D eigenvalue weighted by molar-refractivity contribution is -0.344. The fourth-order valence-electron chi connectivity index (χ4n) is 8.65. The van der Waals surface area contributed by atoms with Crippen molar-refractivity contribution in [2.75, 3.05) is 21.2 Å². The second-order valence-corrected chi connectivity index (χ2v) is 17.0. The fourth-order valence-corrected chi connectivity index (χ4v) is 8.65. The molecule has 18 unspecified atom stereocenters. The molecule has 0 aromatic carbocycles. The number of nitrogens with zero attached hydrogens (tertiary/aromatic N) is 1. The van der Waals surface area contributed by atoms with Crippen LogP contribution in [0.5, 0.6) is 0 Å². The number of cyclic esters (lactones) is 1. The number of hydrogen-bond donors (Lipinski definition) is 2. The van der Waals surface area contributed by atoms with E-state index in [0.29, 0.717) is 12.7 Å². The topological polar surface area (TPSA) is 225 Å². The lowest BCUT2D eigenvalue weighted by Gasteiger charge is -2.50. The number of esters is 4. The normalized spacial score (nSPS) is 42.2. The van der Waals surface area contributed by atoms with Crippen LogP contribution in [0.15, 0.2) is 12.2 Å². The van der Waals surface area contributed by atoms with Crippen molar-refractivity contribution >= 4 is 30.2 Å². The first-order chi connectivity index (χ1) is 28.2. The van der Waals surface area contributed by atoms with Crippen LogP contribution in [0.2, 0.25) is 0 Å². The number of aldehydes is 1. The molecule has 342 valence electrons. The van der Waals surface area contributed by atoms with Crippen molar-refractivity contribution in [2.45, 2.75) is 191 Å². The second-order valence-electron chi connectivity index (χ2n) is 17.0. The summed E-state index contributed by atoms with van der Waals surface area (Å²) in [7, 11) is 4.83. The van der Waals surface area contributed by atoms with E-state index >= 15 is 0 Å². The van der Waals surface area contributed by atoms with Gasteiger partial charge in [0, 0.05) is 46.6 Å². The SMILES string of the molecule is CCC(=O)OC1/C=C/C2OC2CC(C)OC(=O)CC(OC(C)=O)C(OC)C(OC2OC(C)C(OC3CC(C)(O)C(OC(C)=O)C(C)O3)C(N(C)C)C2O)C(CC=O)CC1C. The lowest BCUT2D eigenvalue weighted by Crippen LogP contribution is -2.66. The highest BCUT2D eigenvalue weighted by atomic mass is 16.7. The number of aliphatic hydroxyl groups is 2. The van der Waals surface area contributed by atoms with Crippen molar-refractivity contribution < 1.29 is 81.6 Å². The largest absolute Gasteiger partial charge is 0.462 e. The number of hydrogen-bond acceptors (Lipinski definition) is 18. The van der Waals surface area contributed by atoms with Crippen LogP contribution < -0.4 is 0 Å². The third kappa shape index (κ3) is 13.2. The molecule has 3 saturated heterocycles. The monoisotopic (exact) mass is 857 g/mol. The van der Waals surface area contributed by atoms with Gasteiger partial charge in [0.1, 0.15) is 54.6 Å². The van der Waals surface area contributed by atoms with Crippen LogP contribution in [0.1, 0.15) is 93.9 Å². The van der Waals surface area contributed by atoms with Gasteiger partial charge in [-0.2, -0.15) is 0 Å². The van der Waals surface area contributed by atoms with Crippen LogP contribution >= 0.6 is 0 Å². The molecule has 4 aliphatic rings. The zero-order chi connectivity index (χ0) is 44.6. The van der Waals surface area contributed by atoms with E-state index in [-0.39, 0.29) is 37.9 Å². The summed E-state index contributed by atoms with van der Waals surface area (Å²) in [4.78, 5) is 64.6. The van der Waals surface area contributed by atoms with E-state index in [1.54, 1.807) is 52.8 Å². The molecular formula is C42H67NO17. The molecule has 18 atom stereocenters. The number of carbonyl (C=O) groups is 5. The summed E-state index contributed by atoms with van der Waals surface area (Å²) in [5, 5.41) is 23.4. The van der Waals surface area contributed by atoms with Crippen molar-refractivity contribution in [3.05, 3.63) is 12.2 Å². The fraction of sp³-hybridized carbons (Fsp3) is 0.833. The maximum absolute atomic E-state index is 13.4. The van der Waals surface area contributed by atoms with Crippen LogP contribution in [0.3, 0.4) is 0 Å². The summed E-state index contributed by atoms with van der Waals surface area (Å²) in [6.45, 7) is 12.6. The van der Waals surface area contributed by atoms with E-state index in [4.69, 9.17) is 47.4 Å². The average molecular weight is 858 g/mol. The maximum atomic E-state index is 13.4. The molecule has 18 heteroatoms. The molecule has 0 spiro atoms. The number of epoxide rings is 1. The number of methoxy groups -OCH3 is 1. The number of rotatable bonds is 12. The highest BCUT2D eigenvalue weighted by Crippen LogP contribution is 2.38. The highest BCUT2D eigenvalue weighted by molar-refractivity contribution is 5.72. The van der Waals surface area contributed by atoms with E-state index in [1.807, 2.05) is 13.0 Å². The van der Waals surface area contributed by atoms with E-state index < -0.39 is 127 Å². The Bertz CT molecular complexity index is 1490. The first kappa shape index (κ1) is 49.6. The molecule has 0 amide bonds. The number of ether oxygens (including phenoxy) is 10. The standard InChI is InChI=1S/C42H67NO17/c1-12-32(47)58-28-13-14-29-30(57-29)18-22(3)52-33(48)19-31(55-25(6)45)39(51-11)38(27(15-16-44)17-21(28)2)60-41-36(49)35(43(9)10)37(23(4)54-41)59-34-20-42(8,50)40(24(5)53-34)56-26(7)46/h13-14,16,21-24,27-31,34-41,49-50H,12,15,17-20H2,1-11H3/b14-13+. The summed E-state index contributed by atoms with van der Waals surface area (Å²) in [6.07, 6.45) is -8.19. The number of aliphatic hydroxyl groups excluding tert-OH is 1. The summed E-state index contributed by atoms with van der Waals surface area (Å²) < 4.78 is 60.1. The Balaban J connectivity index is 1.71. The number of fused-ring (bicyclic) bond motifs is 1. The maximum Gasteiger partial charge on any atom is 0.309 e. The Morgan fingerprint density at radius 2 is 1.62 bits per heavy atom. The van der Waals surface area contributed by atoms with Crippen LogP contribution in [0.25, 0.3) is 0 Å². The van der Waals surface area contributed by atoms with Gasteiger partial charge in [0.2, 0.25) is 0 Å². The van der Waals surface area contributed by atoms with E-state index in [2.05, 4.69) is 0 Å². The molecule has 18 nitrogen and oxygen atoms in total. The van der Waals surface area contributed by atoms with Gasteiger partial charge in [-0.1, -0.05) is 19.9 Å². The number of likely N-dealkylation sites (N-methyl/N-ethyl adjacent to an activating group) is 1. The molecule has 4 heterocycles. The van der Waals surface area contributed by atoms with Gasteiger partial charge in [0.15, 0.2) is 18.7 Å². The minimum Gasteiger partial charge on any atom is -0.462 e. The van der Waals surface area contributed by atoms with Gasteiger partial charge in [0.25, 0.3) is 0 Å². The molecule has 60 heavy (non-hydrogen) atoms. The van der Waals surface area contributed by atoms with Gasteiger partial charge < -0.3 is 67.3 Å². The van der Waals surface area contributed by atoms with Gasteiger partial charge in [-0.05, 0) is 66.1 Å². The van der Waals surface area contributed by atoms with Crippen LogP contribution in [0.4, 0.5) is 0 Å². The average Bonchev–Trinajstić information content (AvgIpc) is 3.88. The summed E-state index contributed by atoms with van der Waals surface area (Å²) in [5.41, 5.74) is -1.50. The molecule has 0 bridgehead atoms. The lowest BCUT2D eigenvalue weighted by atomic mass is 9.82. The minimum absolute atomic E-state index is 0.0609. The molecule has 4 aliphatic heterocycles. The van der Waals surface area contributed by atoms with Gasteiger partial charge in [0.05, 0.1) is 36.9 Å². The molecule has 0 saturated carbocycles. The zero-order valence-electron chi connectivity index (χ0n) is 36.8. The van der Waals surface area contributed by atoms with E-state index in [9.17, 15) is 34.2 Å². The van der Waals surface area contributed by atoms with E-state index in [0.717, 1.165) is 0 Å². The Morgan fingerprint density at radius 3 is 2.20 bits per heavy atom. The molecule has 3 fully saturated rings. The smallest absolute Gasteiger partial charge is 0.309 e. The van der Waals surface area contributed by atoms with Crippen LogP contribution in [0, 0.1) is 11.8 Å². The second kappa shape index (κ2) is 21.8. The Hall–Kier alpha value is -3.07. The first-order valence-electron chi connectivity index (χ1n) is 20.9. The summed E-state index contributed by atoms with van der Waals surface area (Å²) >= 11 is 0. The third-order valence-corrected chi connectivity index (χ3v) is 11.6. The van der Waals surface area contributed by atoms with Gasteiger partial charge >= 0.3 is 23.9 Å². The van der Waals surface area contributed by atoms with Gasteiger partial charge in [-0.15, -0.1) is 0 Å². The minimum atomic E-state index is -1.50. The summed E-state index contributed by atoms with van der Waals surface area (Å²) in [6, 6.07) is -0.804. The quantitative estimate of drug-likeness (QED) is 0.0943. The number of carbonyl (C=O) groups excluding carboxylic acids is 5.